The van der Waals surface area contributed by atoms with Gasteiger partial charge in [-0.3, -0.25) is 0 Å². The van der Waals surface area contributed by atoms with Gasteiger partial charge in [-0.25, -0.2) is 4.99 Å². The quantitative estimate of drug-likeness (QED) is 0.317. The van der Waals surface area contributed by atoms with Crippen LogP contribution in [0.1, 0.15) is 26.2 Å². The largest absolute Gasteiger partial charge is 0.369 e. The molecule has 0 bridgehead atoms. The molecule has 3 nitrogen and oxygen atoms in total. The highest BCUT2D eigenvalue weighted by Crippen LogP contribution is 1.91. The van der Waals surface area contributed by atoms with E-state index in [9.17, 15) is 0 Å². The summed E-state index contributed by atoms with van der Waals surface area (Å²) >= 11 is 4.99. The van der Waals surface area contributed by atoms with Crippen LogP contribution in [0, 0.1) is 0 Å². The summed E-state index contributed by atoms with van der Waals surface area (Å²) < 4.78 is 0. The van der Waals surface area contributed by atoms with E-state index >= 15 is 0 Å². The fourth-order valence-corrected chi connectivity index (χ4v) is 0.933. The number of thiocarbonyl (C=S) groups is 1. The van der Waals surface area contributed by atoms with Crippen molar-refractivity contribution in [3.8, 4) is 0 Å². The molecule has 0 spiro atoms. The van der Waals surface area contributed by atoms with Crippen molar-refractivity contribution in [2.24, 2.45) is 4.99 Å². The van der Waals surface area contributed by atoms with E-state index in [0.29, 0.717) is 5.11 Å². The van der Waals surface area contributed by atoms with Crippen LogP contribution in [0.25, 0.3) is 0 Å². The van der Waals surface area contributed by atoms with Crippen molar-refractivity contribution in [2.75, 3.05) is 20.6 Å². The smallest absolute Gasteiger partial charge is 0.194 e. The Balaban J connectivity index is 3.41. The molecule has 0 saturated heterocycles. The van der Waals surface area contributed by atoms with Crippen LogP contribution in [0.4, 0.5) is 0 Å². The molecule has 0 heterocycles. The van der Waals surface area contributed by atoms with Gasteiger partial charge in [0.05, 0.1) is 6.34 Å². The topological polar surface area (TPSA) is 27.6 Å². The van der Waals surface area contributed by atoms with E-state index in [1.165, 1.54) is 12.8 Å². The Hall–Kier alpha value is -0.640. The maximum Gasteiger partial charge on any atom is 0.194 e. The highest BCUT2D eigenvalue weighted by atomic mass is 32.1. The van der Waals surface area contributed by atoms with Crippen LogP contribution in [0.15, 0.2) is 4.99 Å². The summed E-state index contributed by atoms with van der Waals surface area (Å²) in [5.74, 6) is 0. The highest BCUT2D eigenvalue weighted by Gasteiger charge is 1.90. The van der Waals surface area contributed by atoms with Gasteiger partial charge in [-0.15, -0.1) is 0 Å². The van der Waals surface area contributed by atoms with Crippen molar-refractivity contribution < 1.29 is 0 Å². The monoisotopic (exact) mass is 201 g/mol. The van der Waals surface area contributed by atoms with E-state index < -0.39 is 0 Å². The summed E-state index contributed by atoms with van der Waals surface area (Å²) in [6, 6.07) is 0. The van der Waals surface area contributed by atoms with Crippen molar-refractivity contribution >= 4 is 23.7 Å². The molecule has 0 aliphatic rings. The van der Waals surface area contributed by atoms with E-state index in [1.54, 1.807) is 6.34 Å². The predicted octanol–water partition coefficient (Wildman–Crippen LogP) is 1.64. The molecule has 0 saturated carbocycles. The van der Waals surface area contributed by atoms with Crippen molar-refractivity contribution in [1.82, 2.24) is 10.2 Å². The SMILES string of the molecule is CCCCCNC(=S)N=CN(C)C. The summed E-state index contributed by atoms with van der Waals surface area (Å²) in [4.78, 5) is 5.90. The van der Waals surface area contributed by atoms with E-state index in [0.717, 1.165) is 13.0 Å². The Morgan fingerprint density at radius 1 is 1.46 bits per heavy atom. The standard InChI is InChI=1S/C9H19N3S/c1-4-5-6-7-10-9(13)11-8-12(2)3/h8H,4-7H2,1-3H3,(H,10,13). The van der Waals surface area contributed by atoms with E-state index in [1.807, 2.05) is 19.0 Å². The number of aliphatic imine (C=N–C) groups is 1. The zero-order chi connectivity index (χ0) is 10.1. The Morgan fingerprint density at radius 2 is 2.15 bits per heavy atom. The molecule has 0 aromatic rings. The van der Waals surface area contributed by atoms with E-state index in [2.05, 4.69) is 17.2 Å². The van der Waals surface area contributed by atoms with Crippen LogP contribution in [-0.4, -0.2) is 37.0 Å². The summed E-state index contributed by atoms with van der Waals surface area (Å²) in [6.07, 6.45) is 5.34. The van der Waals surface area contributed by atoms with Gasteiger partial charge in [0.25, 0.3) is 0 Å². The first-order valence-corrected chi connectivity index (χ1v) is 5.06. The lowest BCUT2D eigenvalue weighted by Gasteiger charge is -2.05. The van der Waals surface area contributed by atoms with Crippen LogP contribution in [0.3, 0.4) is 0 Å². The first-order valence-electron chi connectivity index (χ1n) is 4.65. The number of nitrogens with one attached hydrogen (secondary N) is 1. The van der Waals surface area contributed by atoms with Crippen LogP contribution in [0.2, 0.25) is 0 Å². The van der Waals surface area contributed by atoms with Crippen molar-refractivity contribution in [2.45, 2.75) is 26.2 Å². The van der Waals surface area contributed by atoms with Gasteiger partial charge in [0.2, 0.25) is 0 Å². The molecule has 0 aliphatic heterocycles. The minimum absolute atomic E-state index is 0.574. The minimum Gasteiger partial charge on any atom is -0.369 e. The highest BCUT2D eigenvalue weighted by molar-refractivity contribution is 7.80. The second-order valence-electron chi connectivity index (χ2n) is 3.15. The van der Waals surface area contributed by atoms with Gasteiger partial charge in [-0.2, -0.15) is 0 Å². The average molecular weight is 201 g/mol. The van der Waals surface area contributed by atoms with Crippen LogP contribution >= 0.6 is 12.2 Å². The molecule has 0 atom stereocenters. The van der Waals surface area contributed by atoms with E-state index in [4.69, 9.17) is 12.2 Å². The van der Waals surface area contributed by atoms with Crippen molar-refractivity contribution in [1.29, 1.82) is 0 Å². The third-order valence-corrected chi connectivity index (χ3v) is 1.71. The zero-order valence-corrected chi connectivity index (χ0v) is 9.52. The van der Waals surface area contributed by atoms with Gasteiger partial charge in [-0.05, 0) is 18.6 Å². The molecule has 0 rings (SSSR count). The molecule has 0 fully saturated rings. The van der Waals surface area contributed by atoms with Gasteiger partial charge in [0.15, 0.2) is 5.11 Å². The predicted molar refractivity (Wildman–Crippen MR) is 62.3 cm³/mol. The maximum absolute atomic E-state index is 4.99. The molecule has 0 amide bonds. The molecule has 0 aromatic heterocycles. The summed E-state index contributed by atoms with van der Waals surface area (Å²) in [5.41, 5.74) is 0. The molecule has 0 radical (unpaired) electrons. The number of nitrogens with zero attached hydrogens (tertiary/aromatic N) is 2. The van der Waals surface area contributed by atoms with Gasteiger partial charge in [-0.1, -0.05) is 19.8 Å². The van der Waals surface area contributed by atoms with E-state index in [-0.39, 0.29) is 0 Å². The Kier molecular flexibility index (Phi) is 7.59. The fourth-order valence-electron chi connectivity index (χ4n) is 0.784. The molecule has 1 N–H and O–H groups in total. The number of hydrogen-bond acceptors (Lipinski definition) is 1. The molecule has 0 unspecified atom stereocenters. The van der Waals surface area contributed by atoms with Crippen molar-refractivity contribution in [3.05, 3.63) is 0 Å². The molecular weight excluding hydrogens is 182 g/mol. The zero-order valence-electron chi connectivity index (χ0n) is 8.71. The van der Waals surface area contributed by atoms with Crippen molar-refractivity contribution in [3.63, 3.8) is 0 Å². The minimum atomic E-state index is 0.574. The van der Waals surface area contributed by atoms with Crippen LogP contribution in [0.5, 0.6) is 0 Å². The molecule has 0 aliphatic carbocycles. The van der Waals surface area contributed by atoms with Crippen LogP contribution in [-0.2, 0) is 0 Å². The summed E-state index contributed by atoms with van der Waals surface area (Å²) in [6.45, 7) is 3.11. The number of unbranched alkanes of at least 4 members (excludes halogenated alkanes) is 2. The third-order valence-electron chi connectivity index (χ3n) is 1.46. The normalized spacial score (nSPS) is 10.4. The number of rotatable bonds is 5. The molecule has 76 valence electrons. The molecule has 4 heteroatoms. The first-order chi connectivity index (χ1) is 6.16. The lowest BCUT2D eigenvalue weighted by molar-refractivity contribution is 0.643. The maximum atomic E-state index is 4.99. The van der Waals surface area contributed by atoms with Gasteiger partial charge >= 0.3 is 0 Å². The van der Waals surface area contributed by atoms with Gasteiger partial charge in [0.1, 0.15) is 0 Å². The second-order valence-corrected chi connectivity index (χ2v) is 3.53. The molecule has 13 heavy (non-hydrogen) atoms. The Bertz CT molecular complexity index is 166. The average Bonchev–Trinajstić information content (AvgIpc) is 2.09. The lowest BCUT2D eigenvalue weighted by Crippen LogP contribution is -2.22. The second kappa shape index (κ2) is 7.98. The Labute approximate surface area is 86.2 Å². The first kappa shape index (κ1) is 12.4. The number of hydrogen-bond donors (Lipinski definition) is 1. The fraction of sp³-hybridized carbons (Fsp3) is 0.778. The lowest BCUT2D eigenvalue weighted by atomic mass is 10.2. The molecule has 0 aromatic carbocycles. The van der Waals surface area contributed by atoms with Crippen LogP contribution < -0.4 is 5.32 Å². The van der Waals surface area contributed by atoms with Gasteiger partial charge in [0, 0.05) is 20.6 Å². The summed E-state index contributed by atoms with van der Waals surface area (Å²) in [7, 11) is 3.84. The van der Waals surface area contributed by atoms with Gasteiger partial charge < -0.3 is 10.2 Å². The summed E-state index contributed by atoms with van der Waals surface area (Å²) in [5, 5.41) is 3.65. The third kappa shape index (κ3) is 9.27. The Morgan fingerprint density at radius 3 is 2.69 bits per heavy atom. The molecular formula is C9H19N3S.